The summed E-state index contributed by atoms with van der Waals surface area (Å²) in [6.07, 6.45) is 2.22. The van der Waals surface area contributed by atoms with E-state index in [-0.39, 0.29) is 1180 Å². The largest absolute Gasteiger partial charge is 0.169 e. The Labute approximate surface area is 1250 Å². The third kappa shape index (κ3) is 140. The van der Waals surface area contributed by atoms with E-state index in [1.165, 1.54) is 33.7 Å². The number of aryl methyl sites for hydroxylation is 2. The summed E-state index contributed by atoms with van der Waals surface area (Å²) < 4.78 is 0. The second-order valence-corrected chi connectivity index (χ2v) is 5.14. The van der Waals surface area contributed by atoms with Crippen molar-refractivity contribution in [1.82, 2.24) is 0 Å². The molecule has 0 saturated heterocycles. The Morgan fingerprint density at radius 2 is 0.582 bits per heavy atom. The third-order valence-corrected chi connectivity index (χ3v) is 3.67. The Morgan fingerprint density at radius 3 is 0.782 bits per heavy atom. The molecule has 36 heteroatoms. The van der Waals surface area contributed by atoms with Crippen molar-refractivity contribution in [3.05, 3.63) is 65.1 Å². The molecule has 0 heterocycles. The van der Waals surface area contributed by atoms with Crippen LogP contribution in [0.25, 0.3) is 11.1 Å². The molecule has 0 unspecified atom stereocenters. The molecule has 36 radical (unpaired) electrons. The molecule has 0 nitrogen and oxygen atoms in total. The number of benzene rings is 2. The minimum absolute atomic E-state index is 0. The number of hydrogen-bond acceptors (Lipinski definition) is 0. The van der Waals surface area contributed by atoms with Gasteiger partial charge >= 0.3 is 0 Å². The van der Waals surface area contributed by atoms with Crippen molar-refractivity contribution < 1.29 is 1180 Å². The summed E-state index contributed by atoms with van der Waals surface area (Å²) in [6.45, 7) is 8.74. The first kappa shape index (κ1) is 234. The van der Waals surface area contributed by atoms with Crippen molar-refractivity contribution in [2.75, 3.05) is 0 Å². The molecule has 0 fully saturated rings. The molecule has 2 rings (SSSR count). The van der Waals surface area contributed by atoms with Gasteiger partial charge in [-0.05, 0) is 0 Å². The Morgan fingerprint density at radius 1 is 0.345 bits per heavy atom. The number of hydrogen-bond donors (Lipinski definition) is 0. The number of rotatable bonds is 4. The Balaban J connectivity index is -0.00000000337. The molecule has 55 heavy (non-hydrogen) atoms. The van der Waals surface area contributed by atoms with Crippen LogP contribution in [0.15, 0.2) is 36.4 Å². The molecule has 0 aliphatic heterocycles. The summed E-state index contributed by atoms with van der Waals surface area (Å²) in [6, 6.07) is 16.5. The minimum atomic E-state index is 0. The van der Waals surface area contributed by atoms with Crippen molar-refractivity contribution in [2.45, 2.75) is 40.5 Å². The maximum absolute atomic E-state index is 3.40. The summed E-state index contributed by atoms with van der Waals surface area (Å²) in [5, 5.41) is 0. The fraction of sp³-hybridized carbons (Fsp3) is 0.316. The molecule has 0 bridgehead atoms. The molecule has 208 valence electrons. The van der Waals surface area contributed by atoms with Gasteiger partial charge in [-0.1, -0.05) is 52.7 Å². The van der Waals surface area contributed by atoms with Gasteiger partial charge in [-0.15, -0.1) is 46.5 Å². The fourth-order valence-electron chi connectivity index (χ4n) is 2.49. The van der Waals surface area contributed by atoms with Gasteiger partial charge < -0.3 is 0 Å². The van der Waals surface area contributed by atoms with E-state index in [1.807, 2.05) is 0 Å². The van der Waals surface area contributed by atoms with Crippen molar-refractivity contribution in [3.8, 4) is 11.1 Å². The van der Waals surface area contributed by atoms with Crippen LogP contribution in [0.5, 0.6) is 0 Å². The van der Waals surface area contributed by atoms with Gasteiger partial charge in [0.1, 0.15) is 0 Å². The summed E-state index contributed by atoms with van der Waals surface area (Å²) in [4.78, 5) is 0. The standard InChI is InChI=1S/C19H22.36Y/c1-5-16(6-2)19-13-15(4)9-12-18(19)17-10-7-14(3)8-11-17;;;;;;;;;;;;;;;;;;;;;;;;;;;;;;;;;;;;/h7-10,12-13H,5-6H2,1-4H3;;;;;;;;;;;;;;;;;;;;;;;;;;;;;;;;;;;;/q-2;;;;;;;;;;;;;;;;;;;;;;;;;;;;;;;;;;;;. The van der Waals surface area contributed by atoms with E-state index in [2.05, 4.69) is 70.2 Å². The maximum Gasteiger partial charge on any atom is 0 e. The molecule has 0 aromatic heterocycles. The summed E-state index contributed by atoms with van der Waals surface area (Å²) >= 11 is 0. The molecule has 0 atom stereocenters. The van der Waals surface area contributed by atoms with E-state index in [0.717, 1.165) is 12.8 Å². The zero-order chi connectivity index (χ0) is 13.8. The Kier molecular flexibility index (Phi) is 767. The predicted molar refractivity (Wildman–Crippen MR) is 83.1 cm³/mol. The van der Waals surface area contributed by atoms with E-state index >= 15 is 0 Å². The molecular formula is C19H22Y36-2. The van der Waals surface area contributed by atoms with Crippen LogP contribution in [0.1, 0.15) is 43.4 Å². The topological polar surface area (TPSA) is 0 Å². The first-order chi connectivity index (χ1) is 9.15. The smallest absolute Gasteiger partial charge is 0 e. The van der Waals surface area contributed by atoms with E-state index in [4.69, 9.17) is 0 Å². The predicted octanol–water partition coefficient (Wildman–Crippen LogP) is 5.42. The van der Waals surface area contributed by atoms with E-state index in [0.29, 0.717) is 0 Å². The van der Waals surface area contributed by atoms with Gasteiger partial charge in [-0.3, -0.25) is 0 Å². The van der Waals surface area contributed by atoms with Crippen molar-refractivity contribution in [2.24, 2.45) is 0 Å². The average molecular weight is 3450 g/mol. The average Bonchev–Trinajstić information content (AvgIpc) is 2.42. The van der Waals surface area contributed by atoms with Gasteiger partial charge in [0, 0.05) is 1180 Å². The first-order valence-electron chi connectivity index (χ1n) is 7.10. The minimum Gasteiger partial charge on any atom is -0.169 e. The molecule has 2 aromatic rings. The molecule has 0 aliphatic carbocycles. The van der Waals surface area contributed by atoms with Gasteiger partial charge in [0.15, 0.2) is 0 Å². The zero-order valence-electron chi connectivity index (χ0n) is 33.2. The normalized spacial score (nSPS) is 3.64. The second-order valence-electron chi connectivity index (χ2n) is 5.14. The van der Waals surface area contributed by atoms with Crippen LogP contribution >= 0.6 is 0 Å². The molecule has 0 spiro atoms. The van der Waals surface area contributed by atoms with Gasteiger partial charge in [0.2, 0.25) is 0 Å². The van der Waals surface area contributed by atoms with Crippen LogP contribution < -0.4 is 0 Å². The SMILES string of the molecule is CC[C-](CC)c1cc(C)ccc1-c1[c-]cc(C)cc1.[Y].[Y].[Y].[Y].[Y].[Y].[Y].[Y].[Y].[Y].[Y].[Y].[Y].[Y].[Y].[Y].[Y].[Y].[Y].[Y].[Y].[Y].[Y].[Y].[Y].[Y].[Y].[Y].[Y].[Y].[Y].[Y].[Y].[Y].[Y].[Y]. The van der Waals surface area contributed by atoms with Gasteiger partial charge in [-0.2, -0.15) is 17.5 Å². The van der Waals surface area contributed by atoms with E-state index in [1.54, 1.807) is 0 Å². The molecular weight excluding hydrogens is 3430 g/mol. The molecule has 0 aliphatic rings. The summed E-state index contributed by atoms with van der Waals surface area (Å²) in [7, 11) is 0. The van der Waals surface area contributed by atoms with E-state index in [9.17, 15) is 0 Å². The zero-order valence-corrected chi connectivity index (χ0v) is 135. The van der Waals surface area contributed by atoms with E-state index < -0.39 is 0 Å². The van der Waals surface area contributed by atoms with Gasteiger partial charge in [0.05, 0.1) is 0 Å². The molecule has 2 aromatic carbocycles. The fourth-order valence-corrected chi connectivity index (χ4v) is 2.49. The van der Waals surface area contributed by atoms with Crippen LogP contribution in [-0.2, 0) is 1180 Å². The first-order valence-corrected chi connectivity index (χ1v) is 7.10. The molecule has 0 N–H and O–H groups in total. The Hall–Kier alpha value is 38.1. The summed E-state index contributed by atoms with van der Waals surface area (Å²) in [5.41, 5.74) is 6.48. The van der Waals surface area contributed by atoms with Crippen molar-refractivity contribution in [1.29, 1.82) is 0 Å². The molecule has 0 saturated carbocycles. The van der Waals surface area contributed by atoms with Crippen molar-refractivity contribution >= 4 is 0 Å². The van der Waals surface area contributed by atoms with Crippen LogP contribution in [0.2, 0.25) is 0 Å². The Bertz CT molecular complexity index is 582. The monoisotopic (exact) mass is 3450 g/mol. The maximum atomic E-state index is 3.40. The van der Waals surface area contributed by atoms with Gasteiger partial charge in [0.25, 0.3) is 0 Å². The quantitative estimate of drug-likeness (QED) is 0.360. The van der Waals surface area contributed by atoms with Gasteiger partial charge in [-0.25, -0.2) is 0 Å². The van der Waals surface area contributed by atoms with Crippen LogP contribution in [-0.4, -0.2) is 0 Å². The van der Waals surface area contributed by atoms with Crippen molar-refractivity contribution in [3.63, 3.8) is 0 Å². The van der Waals surface area contributed by atoms with Crippen LogP contribution in [0, 0.1) is 25.8 Å². The van der Waals surface area contributed by atoms with Crippen LogP contribution in [0.3, 0.4) is 0 Å². The molecule has 0 amide bonds. The third-order valence-electron chi connectivity index (χ3n) is 3.67. The van der Waals surface area contributed by atoms with Crippen LogP contribution in [0.4, 0.5) is 0 Å². The second kappa shape index (κ2) is 180. The summed E-state index contributed by atoms with van der Waals surface area (Å²) in [5.74, 6) is 1.52.